The summed E-state index contributed by atoms with van der Waals surface area (Å²) in [6.45, 7) is 6.12. The van der Waals surface area contributed by atoms with Crippen LogP contribution in [0.5, 0.6) is 0 Å². The number of benzene rings is 1. The summed E-state index contributed by atoms with van der Waals surface area (Å²) in [5.41, 5.74) is 2.07. The summed E-state index contributed by atoms with van der Waals surface area (Å²) in [7, 11) is 0. The van der Waals surface area contributed by atoms with Gasteiger partial charge in [0.2, 0.25) is 0 Å². The first-order chi connectivity index (χ1) is 10.3. The molecule has 0 aliphatic carbocycles. The molecule has 1 N–H and O–H groups in total. The van der Waals surface area contributed by atoms with E-state index in [0.29, 0.717) is 27.6 Å². The molecule has 0 unspecified atom stereocenters. The largest absolute Gasteiger partial charge is 0.338 e. The van der Waals surface area contributed by atoms with Crippen LogP contribution < -0.4 is 0 Å². The Hall–Kier alpha value is -2.01. The number of hydrogen-bond donors (Lipinski definition) is 1. The molecule has 0 saturated heterocycles. The molecule has 2 aromatic heterocycles. The molecule has 114 valence electrons. The molecule has 0 aliphatic heterocycles. The minimum absolute atomic E-state index is 0.123. The van der Waals surface area contributed by atoms with Crippen molar-refractivity contribution < 1.29 is 8.78 Å². The van der Waals surface area contributed by atoms with Gasteiger partial charge in [-0.2, -0.15) is 0 Å². The van der Waals surface area contributed by atoms with E-state index in [-0.39, 0.29) is 5.41 Å². The first kappa shape index (κ1) is 14.9. The average Bonchev–Trinajstić information content (AvgIpc) is 2.80. The quantitative estimate of drug-likeness (QED) is 0.651. The van der Waals surface area contributed by atoms with E-state index in [1.54, 1.807) is 6.07 Å². The standard InChI is InChI=1S/C16H14ClF2N3/c1-16(2,3)13-5-4-8(14(17)22-13)15-20-11-6-9(18)10(19)7-12(11)21-15/h4-7H,1-3H3,(H,20,21). The summed E-state index contributed by atoms with van der Waals surface area (Å²) in [6.07, 6.45) is 0. The maximum Gasteiger partial charge on any atom is 0.161 e. The summed E-state index contributed by atoms with van der Waals surface area (Å²) in [6, 6.07) is 5.80. The summed E-state index contributed by atoms with van der Waals surface area (Å²) in [5, 5.41) is 0.299. The van der Waals surface area contributed by atoms with E-state index in [2.05, 4.69) is 15.0 Å². The SMILES string of the molecule is CC(C)(C)c1ccc(-c2nc3cc(F)c(F)cc3[nH]2)c(Cl)n1. The van der Waals surface area contributed by atoms with Crippen LogP contribution in [0.2, 0.25) is 5.15 Å². The third kappa shape index (κ3) is 2.57. The van der Waals surface area contributed by atoms with Crippen molar-refractivity contribution in [3.63, 3.8) is 0 Å². The van der Waals surface area contributed by atoms with Crippen molar-refractivity contribution in [3.05, 3.63) is 46.7 Å². The highest BCUT2D eigenvalue weighted by Crippen LogP contribution is 2.30. The highest BCUT2D eigenvalue weighted by atomic mass is 35.5. The number of fused-ring (bicyclic) bond motifs is 1. The summed E-state index contributed by atoms with van der Waals surface area (Å²) < 4.78 is 26.5. The summed E-state index contributed by atoms with van der Waals surface area (Å²) in [4.78, 5) is 11.6. The van der Waals surface area contributed by atoms with Gasteiger partial charge in [0.1, 0.15) is 11.0 Å². The summed E-state index contributed by atoms with van der Waals surface area (Å²) in [5.74, 6) is -1.43. The van der Waals surface area contributed by atoms with E-state index < -0.39 is 11.6 Å². The molecule has 0 atom stereocenters. The maximum absolute atomic E-state index is 13.3. The number of halogens is 3. The number of imidazole rings is 1. The minimum atomic E-state index is -0.933. The Morgan fingerprint density at radius 3 is 2.36 bits per heavy atom. The van der Waals surface area contributed by atoms with E-state index in [0.717, 1.165) is 17.8 Å². The van der Waals surface area contributed by atoms with E-state index >= 15 is 0 Å². The van der Waals surface area contributed by atoms with Gasteiger partial charge in [-0.15, -0.1) is 0 Å². The van der Waals surface area contributed by atoms with Gasteiger partial charge in [0.05, 0.1) is 16.6 Å². The zero-order valence-corrected chi connectivity index (χ0v) is 13.1. The number of rotatable bonds is 1. The normalized spacial score (nSPS) is 12.1. The molecule has 0 amide bonds. The average molecular weight is 322 g/mol. The molecule has 0 spiro atoms. The van der Waals surface area contributed by atoms with Crippen molar-refractivity contribution in [2.45, 2.75) is 26.2 Å². The van der Waals surface area contributed by atoms with Crippen molar-refractivity contribution in [1.82, 2.24) is 15.0 Å². The number of aromatic nitrogens is 3. The Bertz CT molecular complexity index is 827. The molecular formula is C16H14ClF2N3. The van der Waals surface area contributed by atoms with Crippen LogP contribution in [0.15, 0.2) is 24.3 Å². The Kier molecular flexibility index (Phi) is 3.40. The molecule has 6 heteroatoms. The molecule has 0 fully saturated rings. The zero-order valence-electron chi connectivity index (χ0n) is 12.3. The monoisotopic (exact) mass is 321 g/mol. The zero-order chi connectivity index (χ0) is 16.1. The molecule has 3 aromatic rings. The highest BCUT2D eigenvalue weighted by molar-refractivity contribution is 6.32. The van der Waals surface area contributed by atoms with Crippen LogP contribution in [0.4, 0.5) is 8.78 Å². The first-order valence-corrected chi connectivity index (χ1v) is 7.15. The van der Waals surface area contributed by atoms with Crippen molar-refractivity contribution in [1.29, 1.82) is 0 Å². The van der Waals surface area contributed by atoms with Gasteiger partial charge < -0.3 is 4.98 Å². The highest BCUT2D eigenvalue weighted by Gasteiger charge is 2.18. The smallest absolute Gasteiger partial charge is 0.161 e. The lowest BCUT2D eigenvalue weighted by Gasteiger charge is -2.18. The molecule has 0 aliphatic rings. The number of pyridine rings is 1. The number of nitrogens with one attached hydrogen (secondary N) is 1. The fourth-order valence-corrected chi connectivity index (χ4v) is 2.40. The Morgan fingerprint density at radius 2 is 1.73 bits per heavy atom. The van der Waals surface area contributed by atoms with E-state index in [1.165, 1.54) is 0 Å². The van der Waals surface area contributed by atoms with E-state index in [4.69, 9.17) is 11.6 Å². The van der Waals surface area contributed by atoms with Crippen LogP contribution in [0.1, 0.15) is 26.5 Å². The molecule has 0 radical (unpaired) electrons. The van der Waals surface area contributed by atoms with E-state index in [1.807, 2.05) is 26.8 Å². The number of nitrogens with zero attached hydrogens (tertiary/aromatic N) is 2. The van der Waals surface area contributed by atoms with Crippen LogP contribution in [0.25, 0.3) is 22.4 Å². The molecule has 22 heavy (non-hydrogen) atoms. The number of H-pyrrole nitrogens is 1. The molecule has 0 bridgehead atoms. The third-order valence-corrected chi connectivity index (χ3v) is 3.68. The molecule has 2 heterocycles. The predicted molar refractivity (Wildman–Crippen MR) is 83.0 cm³/mol. The van der Waals surface area contributed by atoms with Crippen molar-refractivity contribution in [3.8, 4) is 11.4 Å². The molecule has 3 rings (SSSR count). The van der Waals surface area contributed by atoms with Crippen LogP contribution in [-0.2, 0) is 5.41 Å². The molecular weight excluding hydrogens is 308 g/mol. The van der Waals surface area contributed by atoms with Gasteiger partial charge in [0.15, 0.2) is 11.6 Å². The Labute approximate surface area is 131 Å². The topological polar surface area (TPSA) is 41.6 Å². The summed E-state index contributed by atoms with van der Waals surface area (Å²) >= 11 is 6.24. The number of hydrogen-bond acceptors (Lipinski definition) is 2. The van der Waals surface area contributed by atoms with Crippen molar-refractivity contribution in [2.24, 2.45) is 0 Å². The fourth-order valence-electron chi connectivity index (χ4n) is 2.16. The lowest BCUT2D eigenvalue weighted by molar-refractivity contribution is 0.510. The second kappa shape index (κ2) is 5.02. The lowest BCUT2D eigenvalue weighted by atomic mass is 9.91. The molecule has 0 saturated carbocycles. The first-order valence-electron chi connectivity index (χ1n) is 6.78. The molecule has 3 nitrogen and oxygen atoms in total. The van der Waals surface area contributed by atoms with Crippen LogP contribution in [0.3, 0.4) is 0 Å². The maximum atomic E-state index is 13.3. The lowest BCUT2D eigenvalue weighted by Crippen LogP contribution is -2.13. The van der Waals surface area contributed by atoms with Crippen molar-refractivity contribution in [2.75, 3.05) is 0 Å². The van der Waals surface area contributed by atoms with Gasteiger partial charge >= 0.3 is 0 Å². The molecule has 1 aromatic carbocycles. The fraction of sp³-hybridized carbons (Fsp3) is 0.250. The van der Waals surface area contributed by atoms with Crippen molar-refractivity contribution >= 4 is 22.6 Å². The second-order valence-electron chi connectivity index (χ2n) is 6.15. The van der Waals surface area contributed by atoms with Gasteiger partial charge in [-0.3, -0.25) is 0 Å². The minimum Gasteiger partial charge on any atom is -0.338 e. The Balaban J connectivity index is 2.11. The van der Waals surface area contributed by atoms with Gasteiger partial charge in [-0.05, 0) is 12.1 Å². The van der Waals surface area contributed by atoms with Crippen LogP contribution in [-0.4, -0.2) is 15.0 Å². The van der Waals surface area contributed by atoms with Crippen LogP contribution in [0, 0.1) is 11.6 Å². The Morgan fingerprint density at radius 1 is 1.05 bits per heavy atom. The van der Waals surface area contributed by atoms with Gasteiger partial charge in [-0.1, -0.05) is 32.4 Å². The second-order valence-corrected chi connectivity index (χ2v) is 6.51. The third-order valence-electron chi connectivity index (χ3n) is 3.40. The van der Waals surface area contributed by atoms with E-state index in [9.17, 15) is 8.78 Å². The van der Waals surface area contributed by atoms with Crippen LogP contribution >= 0.6 is 11.6 Å². The van der Waals surface area contributed by atoms with Gasteiger partial charge in [-0.25, -0.2) is 18.7 Å². The predicted octanol–water partition coefficient (Wildman–Crippen LogP) is 4.85. The van der Waals surface area contributed by atoms with Gasteiger partial charge in [0, 0.05) is 23.2 Å². The number of aromatic amines is 1. The van der Waals surface area contributed by atoms with Gasteiger partial charge in [0.25, 0.3) is 0 Å².